The Balaban J connectivity index is 1.15. The first kappa shape index (κ1) is 38.9. The Hall–Kier alpha value is -5.96. The van der Waals surface area contributed by atoms with Crippen molar-refractivity contribution < 1.29 is 23.9 Å². The zero-order chi connectivity index (χ0) is 40.6. The van der Waals surface area contributed by atoms with Crippen LogP contribution in [0.2, 0.25) is 0 Å². The van der Waals surface area contributed by atoms with E-state index in [1.165, 1.54) is 5.56 Å². The summed E-state index contributed by atoms with van der Waals surface area (Å²) in [6, 6.07) is 32.0. The second kappa shape index (κ2) is 16.1. The van der Waals surface area contributed by atoms with E-state index < -0.39 is 5.60 Å². The van der Waals surface area contributed by atoms with Gasteiger partial charge in [0, 0.05) is 49.5 Å². The van der Waals surface area contributed by atoms with Crippen LogP contribution in [-0.4, -0.2) is 57.9 Å². The Morgan fingerprint density at radius 1 is 0.793 bits per heavy atom. The second-order valence-corrected chi connectivity index (χ2v) is 16.9. The van der Waals surface area contributed by atoms with Crippen LogP contribution in [0.3, 0.4) is 0 Å². The molecule has 4 aromatic carbocycles. The number of benzene rings is 4. The zero-order valence-corrected chi connectivity index (χ0v) is 34.2. The smallest absolute Gasteiger partial charge is 0.410 e. The van der Waals surface area contributed by atoms with E-state index in [4.69, 9.17) is 14.5 Å². The molecule has 3 heterocycles. The van der Waals surface area contributed by atoms with Crippen LogP contribution in [0.25, 0.3) is 11.3 Å². The van der Waals surface area contributed by atoms with Crippen molar-refractivity contribution in [2.24, 2.45) is 0 Å². The first-order valence-corrected chi connectivity index (χ1v) is 20.5. The minimum Gasteiger partial charge on any atom is -0.489 e. The number of ether oxygens (including phenoxy) is 2. The predicted octanol–water partition coefficient (Wildman–Crippen LogP) is 9.36. The molecule has 0 N–H and O–H groups in total. The Bertz CT molecular complexity index is 2350. The number of fused-ring (bicyclic) bond motifs is 3. The number of aryl methyl sites for hydroxylation is 1. The second-order valence-electron chi connectivity index (χ2n) is 16.9. The summed E-state index contributed by atoms with van der Waals surface area (Å²) in [6.45, 7) is 9.49. The Morgan fingerprint density at radius 3 is 2.28 bits per heavy atom. The third kappa shape index (κ3) is 8.21. The van der Waals surface area contributed by atoms with Gasteiger partial charge in [0.05, 0.1) is 5.69 Å². The van der Waals surface area contributed by atoms with Gasteiger partial charge in [0.1, 0.15) is 23.7 Å². The number of nitrogens with zero attached hydrogens (tertiary/aromatic N) is 4. The van der Waals surface area contributed by atoms with Crippen molar-refractivity contribution in [1.82, 2.24) is 14.8 Å². The minimum atomic E-state index is -0.620. The van der Waals surface area contributed by atoms with Gasteiger partial charge < -0.3 is 24.2 Å². The molecule has 9 heteroatoms. The van der Waals surface area contributed by atoms with Crippen LogP contribution in [0.5, 0.6) is 5.75 Å². The highest BCUT2D eigenvalue weighted by molar-refractivity contribution is 6.06. The van der Waals surface area contributed by atoms with Crippen molar-refractivity contribution in [3.8, 4) is 17.0 Å². The lowest BCUT2D eigenvalue weighted by Gasteiger charge is -2.36. The van der Waals surface area contributed by atoms with E-state index in [2.05, 4.69) is 37.3 Å². The largest absolute Gasteiger partial charge is 0.489 e. The molecule has 58 heavy (non-hydrogen) atoms. The number of anilines is 1. The van der Waals surface area contributed by atoms with Crippen LogP contribution >= 0.6 is 0 Å². The van der Waals surface area contributed by atoms with Gasteiger partial charge in [-0.25, -0.2) is 9.78 Å². The van der Waals surface area contributed by atoms with Crippen LogP contribution in [0.1, 0.15) is 100 Å². The van der Waals surface area contributed by atoms with Gasteiger partial charge in [0.25, 0.3) is 11.8 Å². The normalized spacial score (nSPS) is 16.1. The van der Waals surface area contributed by atoms with E-state index in [1.807, 2.05) is 92.4 Å². The third-order valence-electron chi connectivity index (χ3n) is 11.6. The number of amides is 3. The number of rotatable bonds is 7. The van der Waals surface area contributed by atoms with E-state index in [9.17, 15) is 14.4 Å². The average molecular weight is 777 g/mol. The quantitative estimate of drug-likeness (QED) is 0.164. The Morgan fingerprint density at radius 2 is 1.52 bits per heavy atom. The standard InChI is InChI=1S/C49H52N4O5/c1-32-25-34-15-9-10-17-37(34)30-53(32)46(54)43-27-38-29-52(48(56)58-49(2,3)4)24-23-35(38)26-42(43)44-28-36-16-11-12-18-41(36)45(50-44)47(55)51(5)39-19-21-40(22-20-39)57-31-33-13-7-6-8-14-33/h6-10,13-15,17,19-22,26-28,32H,11-12,16,18,23-25,29-31H2,1-5H3/t32-/m1/s1. The lowest BCUT2D eigenvalue weighted by molar-refractivity contribution is 0.0224. The van der Waals surface area contributed by atoms with Crippen LogP contribution in [0.4, 0.5) is 10.5 Å². The minimum absolute atomic E-state index is 0.0260. The van der Waals surface area contributed by atoms with E-state index in [0.717, 1.165) is 76.9 Å². The predicted molar refractivity (Wildman–Crippen MR) is 226 cm³/mol. The van der Waals surface area contributed by atoms with Gasteiger partial charge in [-0.1, -0.05) is 54.6 Å². The molecule has 1 aromatic heterocycles. The molecule has 0 unspecified atom stereocenters. The van der Waals surface area contributed by atoms with Gasteiger partial charge in [0.2, 0.25) is 0 Å². The van der Waals surface area contributed by atoms with Crippen LogP contribution in [0, 0.1) is 0 Å². The topological polar surface area (TPSA) is 92.3 Å². The summed E-state index contributed by atoms with van der Waals surface area (Å²) in [5.41, 5.74) is 9.93. The molecule has 3 aliphatic rings. The number of hydrogen-bond donors (Lipinski definition) is 0. The van der Waals surface area contributed by atoms with E-state index in [1.54, 1.807) is 16.8 Å². The number of pyridine rings is 1. The zero-order valence-electron chi connectivity index (χ0n) is 34.2. The molecule has 8 rings (SSSR count). The van der Waals surface area contributed by atoms with Gasteiger partial charge in [-0.05, 0) is 148 Å². The molecule has 0 saturated carbocycles. The fourth-order valence-corrected chi connectivity index (χ4v) is 8.43. The summed E-state index contributed by atoms with van der Waals surface area (Å²) >= 11 is 0. The lowest BCUT2D eigenvalue weighted by Crippen LogP contribution is -2.43. The van der Waals surface area contributed by atoms with Gasteiger partial charge in [0.15, 0.2) is 0 Å². The highest BCUT2D eigenvalue weighted by Gasteiger charge is 2.33. The molecule has 0 bridgehead atoms. The van der Waals surface area contributed by atoms with Crippen molar-refractivity contribution in [1.29, 1.82) is 0 Å². The fourth-order valence-electron chi connectivity index (χ4n) is 8.43. The summed E-state index contributed by atoms with van der Waals surface area (Å²) in [5, 5.41) is 0. The molecule has 3 amide bonds. The van der Waals surface area contributed by atoms with E-state index >= 15 is 0 Å². The van der Waals surface area contributed by atoms with Gasteiger partial charge >= 0.3 is 6.09 Å². The summed E-state index contributed by atoms with van der Waals surface area (Å²) in [7, 11) is 1.78. The van der Waals surface area contributed by atoms with E-state index in [0.29, 0.717) is 55.2 Å². The maximum absolute atomic E-state index is 15.0. The molecule has 298 valence electrons. The van der Waals surface area contributed by atoms with Crippen LogP contribution < -0.4 is 9.64 Å². The van der Waals surface area contributed by atoms with Gasteiger partial charge in [-0.2, -0.15) is 0 Å². The summed E-state index contributed by atoms with van der Waals surface area (Å²) in [4.78, 5) is 53.2. The molecular weight excluding hydrogens is 725 g/mol. The molecular formula is C49H52N4O5. The van der Waals surface area contributed by atoms with Crippen molar-refractivity contribution in [2.75, 3.05) is 18.5 Å². The van der Waals surface area contributed by atoms with Crippen molar-refractivity contribution in [2.45, 2.75) is 97.6 Å². The number of carbonyl (C=O) groups is 3. The maximum atomic E-state index is 15.0. The average Bonchev–Trinajstić information content (AvgIpc) is 3.23. The fraction of sp³-hybridized carbons (Fsp3) is 0.347. The lowest BCUT2D eigenvalue weighted by atomic mass is 9.86. The molecule has 0 radical (unpaired) electrons. The monoisotopic (exact) mass is 776 g/mol. The molecule has 9 nitrogen and oxygen atoms in total. The third-order valence-corrected chi connectivity index (χ3v) is 11.6. The number of hydrogen-bond acceptors (Lipinski definition) is 6. The Labute approximate surface area is 341 Å². The van der Waals surface area contributed by atoms with Crippen LogP contribution in [0.15, 0.2) is 97.1 Å². The maximum Gasteiger partial charge on any atom is 0.410 e. The SMILES string of the molecule is C[C@@H]1Cc2ccccc2CN1C(=O)c1cc2c(cc1-c1cc3c(c(C(=O)N(C)c4ccc(OCc5ccccc5)cc4)n1)CCCC3)CCN(C(=O)OC(C)(C)C)C2. The molecule has 0 spiro atoms. The molecule has 2 aliphatic heterocycles. The molecule has 0 fully saturated rings. The molecule has 5 aromatic rings. The number of aromatic nitrogens is 1. The molecule has 1 aliphatic carbocycles. The van der Waals surface area contributed by atoms with Gasteiger partial charge in [-0.3, -0.25) is 9.59 Å². The molecule has 1 atom stereocenters. The summed E-state index contributed by atoms with van der Waals surface area (Å²) in [5.74, 6) is 0.433. The highest BCUT2D eigenvalue weighted by atomic mass is 16.6. The van der Waals surface area contributed by atoms with Gasteiger partial charge in [-0.15, -0.1) is 0 Å². The first-order chi connectivity index (χ1) is 27.9. The Kier molecular flexibility index (Phi) is 10.8. The van der Waals surface area contributed by atoms with Crippen LogP contribution in [-0.2, 0) is 50.1 Å². The number of carbonyl (C=O) groups excluding carboxylic acids is 3. The highest BCUT2D eigenvalue weighted by Crippen LogP contribution is 2.36. The summed E-state index contributed by atoms with van der Waals surface area (Å²) < 4.78 is 11.8. The van der Waals surface area contributed by atoms with Crippen molar-refractivity contribution >= 4 is 23.6 Å². The summed E-state index contributed by atoms with van der Waals surface area (Å²) in [6.07, 6.45) is 4.61. The van der Waals surface area contributed by atoms with Crippen molar-refractivity contribution in [3.05, 3.63) is 147 Å². The van der Waals surface area contributed by atoms with E-state index in [-0.39, 0.29) is 23.9 Å². The molecule has 0 saturated heterocycles. The first-order valence-electron chi connectivity index (χ1n) is 20.5. The van der Waals surface area contributed by atoms with Crippen molar-refractivity contribution in [3.63, 3.8) is 0 Å².